The van der Waals surface area contributed by atoms with E-state index in [0.717, 1.165) is 30.9 Å². The zero-order valence-corrected chi connectivity index (χ0v) is 23.3. The van der Waals surface area contributed by atoms with Crippen molar-refractivity contribution in [3.05, 3.63) is 77.2 Å². The summed E-state index contributed by atoms with van der Waals surface area (Å²) in [6.07, 6.45) is 9.98. The van der Waals surface area contributed by atoms with Gasteiger partial charge in [-0.05, 0) is 56.8 Å². The third kappa shape index (κ3) is 5.20. The number of nitrogens with one attached hydrogen (secondary N) is 2. The predicted octanol–water partition coefficient (Wildman–Crippen LogP) is 3.99. The van der Waals surface area contributed by atoms with E-state index in [0.29, 0.717) is 39.3 Å². The lowest BCUT2D eigenvalue weighted by Crippen LogP contribution is -2.39. The average Bonchev–Trinajstić information content (AvgIpc) is 3.74. The van der Waals surface area contributed by atoms with Gasteiger partial charge >= 0.3 is 0 Å². The normalized spacial score (nSPS) is 15.6. The molecule has 0 bridgehead atoms. The van der Waals surface area contributed by atoms with Crippen LogP contribution in [0.5, 0.6) is 0 Å². The highest BCUT2D eigenvalue weighted by molar-refractivity contribution is 7.12. The second-order valence-corrected chi connectivity index (χ2v) is 10.8. The van der Waals surface area contributed by atoms with Crippen molar-refractivity contribution in [2.45, 2.75) is 18.9 Å². The zero-order valence-electron chi connectivity index (χ0n) is 22.5. The molecule has 7 rings (SSSR count). The predicted molar refractivity (Wildman–Crippen MR) is 159 cm³/mol. The molecule has 5 aromatic heterocycles. The third-order valence-electron chi connectivity index (χ3n) is 7.00. The Bertz CT molecular complexity index is 1870. The van der Waals surface area contributed by atoms with Gasteiger partial charge in [0.1, 0.15) is 0 Å². The summed E-state index contributed by atoms with van der Waals surface area (Å²) in [7, 11) is 2.16. The molecule has 0 spiro atoms. The molecule has 14 heteroatoms. The quantitative estimate of drug-likeness (QED) is 0.281. The van der Waals surface area contributed by atoms with Crippen molar-refractivity contribution < 1.29 is 4.42 Å². The van der Waals surface area contributed by atoms with Crippen LogP contribution in [0.15, 0.2) is 76.1 Å². The van der Waals surface area contributed by atoms with Gasteiger partial charge in [0.25, 0.3) is 11.4 Å². The standard InChI is InChI=1S/C28H25N11O2S/c1-38-9-2-3-21(15-38)34-19-4-6-20(7-5-19)35-27-32-12-17-11-22(18-13-30-23(31-14-18)25-37-33-16-41-25)26(40)39(24(17)36-27)28-29-8-10-42-28/h4-8,10-14,16,21,34H,2-3,9,15H2,1H3,(H,32,35,36). The van der Waals surface area contributed by atoms with E-state index in [-0.39, 0.29) is 17.3 Å². The van der Waals surface area contributed by atoms with Gasteiger partial charge in [-0.1, -0.05) is 0 Å². The number of aromatic nitrogens is 8. The monoisotopic (exact) mass is 579 g/mol. The smallest absolute Gasteiger partial charge is 0.285 e. The number of anilines is 3. The maximum Gasteiger partial charge on any atom is 0.285 e. The van der Waals surface area contributed by atoms with E-state index in [1.807, 2.05) is 29.6 Å². The van der Waals surface area contributed by atoms with Crippen LogP contribution in [0, 0.1) is 0 Å². The Morgan fingerprint density at radius 3 is 2.62 bits per heavy atom. The molecule has 210 valence electrons. The molecule has 1 saturated heterocycles. The number of nitrogens with zero attached hydrogens (tertiary/aromatic N) is 9. The van der Waals surface area contributed by atoms with Crippen LogP contribution in [0.3, 0.4) is 0 Å². The zero-order chi connectivity index (χ0) is 28.5. The molecule has 1 atom stereocenters. The van der Waals surface area contributed by atoms with Gasteiger partial charge < -0.3 is 20.0 Å². The molecule has 0 aliphatic carbocycles. The molecule has 42 heavy (non-hydrogen) atoms. The fourth-order valence-corrected chi connectivity index (χ4v) is 5.65. The van der Waals surface area contributed by atoms with E-state index >= 15 is 0 Å². The van der Waals surface area contributed by atoms with Crippen molar-refractivity contribution >= 4 is 39.7 Å². The SMILES string of the molecule is CN1CCCC(Nc2ccc(Nc3ncc4cc(-c5cnc(-c6nnco6)nc5)c(=O)n(-c5nccs5)c4n3)cc2)C1. The lowest BCUT2D eigenvalue weighted by Gasteiger charge is -2.30. The van der Waals surface area contributed by atoms with E-state index in [2.05, 4.69) is 52.7 Å². The largest absolute Gasteiger partial charge is 0.421 e. The molecule has 6 heterocycles. The van der Waals surface area contributed by atoms with Gasteiger partial charge in [0.15, 0.2) is 10.8 Å². The number of likely N-dealkylation sites (N-methyl/N-ethyl adjacent to an activating group) is 1. The van der Waals surface area contributed by atoms with Crippen LogP contribution in [-0.2, 0) is 0 Å². The lowest BCUT2D eigenvalue weighted by atomic mass is 10.1. The number of rotatable bonds is 7. The first-order chi connectivity index (χ1) is 20.6. The van der Waals surface area contributed by atoms with Crippen molar-refractivity contribution in [2.24, 2.45) is 0 Å². The topological polar surface area (TPSA) is 153 Å². The van der Waals surface area contributed by atoms with E-state index in [1.54, 1.807) is 30.9 Å². The van der Waals surface area contributed by atoms with Crippen molar-refractivity contribution in [3.63, 3.8) is 0 Å². The molecule has 13 nitrogen and oxygen atoms in total. The Morgan fingerprint density at radius 1 is 1.05 bits per heavy atom. The van der Waals surface area contributed by atoms with Gasteiger partial charge in [0, 0.05) is 65.1 Å². The van der Waals surface area contributed by atoms with Gasteiger partial charge in [-0.2, -0.15) is 4.98 Å². The molecule has 2 N–H and O–H groups in total. The molecule has 6 aromatic rings. The first-order valence-corrected chi connectivity index (χ1v) is 14.2. The van der Waals surface area contributed by atoms with Gasteiger partial charge in [0.05, 0.1) is 5.56 Å². The highest BCUT2D eigenvalue weighted by Gasteiger charge is 2.19. The molecule has 1 fully saturated rings. The summed E-state index contributed by atoms with van der Waals surface area (Å²) in [6.45, 7) is 2.18. The summed E-state index contributed by atoms with van der Waals surface area (Å²) < 4.78 is 6.65. The van der Waals surface area contributed by atoms with Gasteiger partial charge in [0.2, 0.25) is 18.2 Å². The molecular weight excluding hydrogens is 554 g/mol. The Kier molecular flexibility index (Phi) is 6.81. The number of likely N-dealkylation sites (tertiary alicyclic amines) is 1. The van der Waals surface area contributed by atoms with Crippen LogP contribution in [-0.4, -0.2) is 70.8 Å². The van der Waals surface area contributed by atoms with E-state index in [4.69, 9.17) is 9.40 Å². The van der Waals surface area contributed by atoms with E-state index in [1.165, 1.54) is 28.7 Å². The number of piperidine rings is 1. The molecule has 0 radical (unpaired) electrons. The minimum Gasteiger partial charge on any atom is -0.421 e. The van der Waals surface area contributed by atoms with Crippen molar-refractivity contribution in [1.29, 1.82) is 0 Å². The van der Waals surface area contributed by atoms with Crippen LogP contribution in [0.25, 0.3) is 39.0 Å². The van der Waals surface area contributed by atoms with E-state index < -0.39 is 0 Å². The van der Waals surface area contributed by atoms with Crippen molar-refractivity contribution in [2.75, 3.05) is 30.8 Å². The van der Waals surface area contributed by atoms with Crippen molar-refractivity contribution in [3.8, 4) is 28.0 Å². The van der Waals surface area contributed by atoms with E-state index in [9.17, 15) is 4.79 Å². The van der Waals surface area contributed by atoms with Crippen LogP contribution in [0.1, 0.15) is 12.8 Å². The Morgan fingerprint density at radius 2 is 1.88 bits per heavy atom. The minimum atomic E-state index is -0.306. The highest BCUT2D eigenvalue weighted by Crippen LogP contribution is 2.25. The van der Waals surface area contributed by atoms with Crippen LogP contribution < -0.4 is 16.2 Å². The first-order valence-electron chi connectivity index (χ1n) is 13.3. The number of hydrogen-bond donors (Lipinski definition) is 2. The third-order valence-corrected chi connectivity index (χ3v) is 7.76. The molecule has 1 unspecified atom stereocenters. The molecule has 1 aliphatic heterocycles. The Labute approximate surface area is 243 Å². The van der Waals surface area contributed by atoms with Gasteiger partial charge in [-0.3, -0.25) is 4.79 Å². The van der Waals surface area contributed by atoms with Crippen LogP contribution >= 0.6 is 11.3 Å². The lowest BCUT2D eigenvalue weighted by molar-refractivity contribution is 0.261. The highest BCUT2D eigenvalue weighted by atomic mass is 32.1. The maximum absolute atomic E-state index is 13.8. The Balaban J connectivity index is 1.19. The minimum absolute atomic E-state index is 0.191. The second kappa shape index (κ2) is 11.1. The maximum atomic E-state index is 13.8. The second-order valence-electron chi connectivity index (χ2n) is 9.97. The summed E-state index contributed by atoms with van der Waals surface area (Å²) in [4.78, 5) is 38.4. The molecule has 0 amide bonds. The number of benzene rings is 1. The Hall–Kier alpha value is -5.08. The van der Waals surface area contributed by atoms with Gasteiger partial charge in [-0.15, -0.1) is 21.5 Å². The van der Waals surface area contributed by atoms with Gasteiger partial charge in [-0.25, -0.2) is 24.5 Å². The number of pyridine rings is 1. The van der Waals surface area contributed by atoms with Crippen molar-refractivity contribution in [1.82, 2.24) is 44.6 Å². The molecule has 1 aromatic carbocycles. The average molecular weight is 580 g/mol. The van der Waals surface area contributed by atoms with Crippen LogP contribution in [0.2, 0.25) is 0 Å². The number of fused-ring (bicyclic) bond motifs is 1. The summed E-state index contributed by atoms with van der Waals surface area (Å²) in [5.74, 6) is 0.820. The summed E-state index contributed by atoms with van der Waals surface area (Å²) >= 11 is 1.34. The number of thiazole rings is 1. The molecule has 0 saturated carbocycles. The molecular formula is C28H25N11O2S. The number of hydrogen-bond acceptors (Lipinski definition) is 13. The first kappa shape index (κ1) is 25.9. The summed E-state index contributed by atoms with van der Waals surface area (Å²) in [5, 5.41) is 17.3. The fraction of sp³-hybridized carbons (Fsp3) is 0.214. The summed E-state index contributed by atoms with van der Waals surface area (Å²) in [6, 6.07) is 10.2. The van der Waals surface area contributed by atoms with Crippen LogP contribution in [0.4, 0.5) is 17.3 Å². The summed E-state index contributed by atoms with van der Waals surface area (Å²) in [5.41, 5.74) is 2.93. The fourth-order valence-electron chi connectivity index (χ4n) is 5.01. The molecule has 1 aliphatic rings.